The largest absolute Gasteiger partial charge is 0.354 e. The van der Waals surface area contributed by atoms with Crippen molar-refractivity contribution in [1.29, 1.82) is 0 Å². The Morgan fingerprint density at radius 1 is 0.700 bits per heavy atom. The van der Waals surface area contributed by atoms with Crippen LogP contribution in [0, 0.1) is 6.92 Å². The van der Waals surface area contributed by atoms with Gasteiger partial charge in [0.25, 0.3) is 0 Å². The molecule has 0 atom stereocenters. The van der Waals surface area contributed by atoms with E-state index >= 15 is 0 Å². The lowest BCUT2D eigenvalue weighted by Gasteiger charge is -2.37. The molecule has 0 spiro atoms. The van der Waals surface area contributed by atoms with E-state index in [0.717, 1.165) is 81.3 Å². The molecule has 4 heterocycles. The van der Waals surface area contributed by atoms with Crippen LogP contribution in [0.15, 0.2) is 18.2 Å². The Bertz CT molecular complexity index is 844. The molecule has 2 aromatic heterocycles. The number of aryl methyl sites for hydroxylation is 1. The standard InChI is InChI=1S/C22H34N8/c1-17-23-20(29-10-8-27(5)9-11-29)16-21(24-17)30-14-12-28(13-15-30)19-7-6-18(25-26-19)22(2,3)4/h6-7,16H,8-15H2,1-5H3. The summed E-state index contributed by atoms with van der Waals surface area (Å²) in [7, 11) is 2.18. The van der Waals surface area contributed by atoms with Gasteiger partial charge in [0.1, 0.15) is 17.5 Å². The smallest absolute Gasteiger partial charge is 0.151 e. The van der Waals surface area contributed by atoms with Gasteiger partial charge in [0.15, 0.2) is 5.82 Å². The third-order valence-electron chi connectivity index (χ3n) is 5.98. The number of piperazine rings is 2. The summed E-state index contributed by atoms with van der Waals surface area (Å²) in [5, 5.41) is 8.93. The third kappa shape index (κ3) is 4.64. The molecule has 0 unspecified atom stereocenters. The number of aromatic nitrogens is 4. The average Bonchev–Trinajstić information content (AvgIpc) is 2.73. The van der Waals surface area contributed by atoms with Crippen molar-refractivity contribution in [2.24, 2.45) is 0 Å². The number of rotatable bonds is 3. The quantitative estimate of drug-likeness (QED) is 0.761. The van der Waals surface area contributed by atoms with E-state index in [1.807, 2.05) is 6.92 Å². The molecule has 0 aliphatic carbocycles. The number of nitrogens with zero attached hydrogens (tertiary/aromatic N) is 8. The first-order chi connectivity index (χ1) is 14.3. The average molecular weight is 411 g/mol. The van der Waals surface area contributed by atoms with Crippen molar-refractivity contribution in [1.82, 2.24) is 25.1 Å². The summed E-state index contributed by atoms with van der Waals surface area (Å²) in [6.45, 7) is 16.3. The number of hydrogen-bond acceptors (Lipinski definition) is 8. The van der Waals surface area contributed by atoms with Crippen molar-refractivity contribution >= 4 is 17.5 Å². The van der Waals surface area contributed by atoms with Gasteiger partial charge in [0.05, 0.1) is 5.69 Å². The van der Waals surface area contributed by atoms with Gasteiger partial charge in [0, 0.05) is 63.8 Å². The van der Waals surface area contributed by atoms with Gasteiger partial charge in [-0.1, -0.05) is 20.8 Å². The van der Waals surface area contributed by atoms with Crippen molar-refractivity contribution < 1.29 is 0 Å². The molecule has 2 aliphatic heterocycles. The summed E-state index contributed by atoms with van der Waals surface area (Å²) < 4.78 is 0. The van der Waals surface area contributed by atoms with Crippen LogP contribution in [0.5, 0.6) is 0 Å². The van der Waals surface area contributed by atoms with Gasteiger partial charge in [-0.2, -0.15) is 5.10 Å². The molecule has 0 saturated carbocycles. The molecule has 0 radical (unpaired) electrons. The highest BCUT2D eigenvalue weighted by Crippen LogP contribution is 2.24. The molecule has 2 aromatic rings. The van der Waals surface area contributed by atoms with Gasteiger partial charge in [-0.15, -0.1) is 5.10 Å². The lowest BCUT2D eigenvalue weighted by Crippen LogP contribution is -2.47. The fourth-order valence-electron chi connectivity index (χ4n) is 3.95. The molecule has 2 aliphatic rings. The highest BCUT2D eigenvalue weighted by molar-refractivity contribution is 5.53. The SMILES string of the molecule is Cc1nc(N2CCN(C)CC2)cc(N2CCN(c3ccc(C(C)(C)C)nn3)CC2)n1. The van der Waals surface area contributed by atoms with E-state index in [1.165, 1.54) is 0 Å². The second kappa shape index (κ2) is 8.34. The minimum Gasteiger partial charge on any atom is -0.354 e. The first kappa shape index (κ1) is 20.8. The summed E-state index contributed by atoms with van der Waals surface area (Å²) in [6.07, 6.45) is 0. The molecule has 0 bridgehead atoms. The van der Waals surface area contributed by atoms with Crippen molar-refractivity contribution in [3.8, 4) is 0 Å². The summed E-state index contributed by atoms with van der Waals surface area (Å²) in [5.41, 5.74) is 1.05. The van der Waals surface area contributed by atoms with E-state index < -0.39 is 0 Å². The summed E-state index contributed by atoms with van der Waals surface area (Å²) in [5.74, 6) is 3.88. The molecule has 0 aromatic carbocycles. The minimum absolute atomic E-state index is 0.0244. The number of likely N-dealkylation sites (N-methyl/N-ethyl adjacent to an activating group) is 1. The zero-order valence-electron chi connectivity index (χ0n) is 19.0. The maximum absolute atomic E-state index is 4.73. The van der Waals surface area contributed by atoms with Crippen LogP contribution in [-0.2, 0) is 5.41 Å². The van der Waals surface area contributed by atoms with Crippen LogP contribution in [0.3, 0.4) is 0 Å². The second-order valence-electron chi connectivity index (χ2n) is 9.42. The van der Waals surface area contributed by atoms with Gasteiger partial charge in [-0.3, -0.25) is 0 Å². The highest BCUT2D eigenvalue weighted by Gasteiger charge is 2.23. The summed E-state index contributed by atoms with van der Waals surface area (Å²) >= 11 is 0. The van der Waals surface area contributed by atoms with Crippen LogP contribution in [0.4, 0.5) is 17.5 Å². The minimum atomic E-state index is 0.0244. The summed E-state index contributed by atoms with van der Waals surface area (Å²) in [6, 6.07) is 6.36. The zero-order chi connectivity index (χ0) is 21.3. The topological polar surface area (TPSA) is 64.5 Å². The van der Waals surface area contributed by atoms with E-state index in [0.29, 0.717) is 0 Å². The molecule has 2 fully saturated rings. The van der Waals surface area contributed by atoms with Crippen molar-refractivity contribution in [2.75, 3.05) is 74.1 Å². The molecule has 162 valence electrons. The van der Waals surface area contributed by atoms with Crippen LogP contribution in [0.1, 0.15) is 32.3 Å². The Balaban J connectivity index is 1.41. The van der Waals surface area contributed by atoms with E-state index in [9.17, 15) is 0 Å². The van der Waals surface area contributed by atoms with Crippen molar-refractivity contribution in [3.05, 3.63) is 29.7 Å². The van der Waals surface area contributed by atoms with Gasteiger partial charge >= 0.3 is 0 Å². The van der Waals surface area contributed by atoms with Crippen LogP contribution in [0.25, 0.3) is 0 Å². The maximum atomic E-state index is 4.73. The normalized spacial score (nSPS) is 18.8. The van der Waals surface area contributed by atoms with Gasteiger partial charge in [-0.25, -0.2) is 9.97 Å². The fourth-order valence-corrected chi connectivity index (χ4v) is 3.95. The van der Waals surface area contributed by atoms with Crippen molar-refractivity contribution in [2.45, 2.75) is 33.1 Å². The predicted molar refractivity (Wildman–Crippen MR) is 122 cm³/mol. The molecule has 0 amide bonds. The van der Waals surface area contributed by atoms with Gasteiger partial charge < -0.3 is 19.6 Å². The molecular weight excluding hydrogens is 376 g/mol. The maximum Gasteiger partial charge on any atom is 0.151 e. The van der Waals surface area contributed by atoms with E-state index in [1.54, 1.807) is 0 Å². The third-order valence-corrected chi connectivity index (χ3v) is 5.98. The van der Waals surface area contributed by atoms with Crippen LogP contribution >= 0.6 is 0 Å². The molecule has 2 saturated heterocycles. The predicted octanol–water partition coefficient (Wildman–Crippen LogP) is 1.95. The fraction of sp³-hybridized carbons (Fsp3) is 0.636. The Morgan fingerprint density at radius 2 is 1.20 bits per heavy atom. The number of hydrogen-bond donors (Lipinski definition) is 0. The van der Waals surface area contributed by atoms with E-state index in [-0.39, 0.29) is 5.41 Å². The van der Waals surface area contributed by atoms with Gasteiger partial charge in [0.2, 0.25) is 0 Å². The monoisotopic (exact) mass is 410 g/mol. The zero-order valence-corrected chi connectivity index (χ0v) is 19.0. The summed E-state index contributed by atoms with van der Waals surface area (Å²) in [4.78, 5) is 18.9. The van der Waals surface area contributed by atoms with Crippen LogP contribution < -0.4 is 14.7 Å². The Labute approximate surface area is 179 Å². The van der Waals surface area contributed by atoms with Crippen LogP contribution in [-0.4, -0.2) is 84.5 Å². The Morgan fingerprint density at radius 3 is 1.67 bits per heavy atom. The van der Waals surface area contributed by atoms with E-state index in [4.69, 9.17) is 9.97 Å². The first-order valence-corrected chi connectivity index (χ1v) is 10.9. The lowest BCUT2D eigenvalue weighted by atomic mass is 9.92. The molecule has 8 heteroatoms. The molecular formula is C22H34N8. The van der Waals surface area contributed by atoms with Gasteiger partial charge in [-0.05, 0) is 26.1 Å². The second-order valence-corrected chi connectivity index (χ2v) is 9.42. The van der Waals surface area contributed by atoms with Crippen molar-refractivity contribution in [3.63, 3.8) is 0 Å². The Kier molecular flexibility index (Phi) is 5.77. The number of anilines is 3. The Hall–Kier alpha value is -2.48. The highest BCUT2D eigenvalue weighted by atomic mass is 15.3. The lowest BCUT2D eigenvalue weighted by molar-refractivity contribution is 0.312. The molecule has 30 heavy (non-hydrogen) atoms. The molecule has 4 rings (SSSR count). The molecule has 0 N–H and O–H groups in total. The molecule has 8 nitrogen and oxygen atoms in total. The van der Waals surface area contributed by atoms with E-state index in [2.05, 4.69) is 75.8 Å². The first-order valence-electron chi connectivity index (χ1n) is 10.9. The van der Waals surface area contributed by atoms with Crippen LogP contribution in [0.2, 0.25) is 0 Å².